The molecule has 1 atom stereocenters. The van der Waals surface area contributed by atoms with Gasteiger partial charge in [-0.15, -0.1) is 0 Å². The Morgan fingerprint density at radius 1 is 1.26 bits per heavy atom. The van der Waals surface area contributed by atoms with Gasteiger partial charge in [-0.05, 0) is 20.0 Å². The number of nitrogens with zero attached hydrogens (tertiary/aromatic N) is 2. The number of rotatable bonds is 4. The zero-order chi connectivity index (χ0) is 14.4. The second kappa shape index (κ2) is 6.93. The SMILES string of the molecule is CN1CCCN(C(=O)N[C@H](CC(N)=O)C(=O)O)CC1. The second-order valence-corrected chi connectivity index (χ2v) is 4.65. The summed E-state index contributed by atoms with van der Waals surface area (Å²) in [5, 5.41) is 11.2. The lowest BCUT2D eigenvalue weighted by Gasteiger charge is -2.23. The molecule has 3 amide bonds. The summed E-state index contributed by atoms with van der Waals surface area (Å²) in [5.41, 5.74) is 4.95. The fourth-order valence-electron chi connectivity index (χ4n) is 1.89. The minimum Gasteiger partial charge on any atom is -0.480 e. The number of urea groups is 1. The van der Waals surface area contributed by atoms with Crippen molar-refractivity contribution in [3.05, 3.63) is 0 Å². The van der Waals surface area contributed by atoms with Crippen LogP contribution in [0.25, 0.3) is 0 Å². The van der Waals surface area contributed by atoms with Crippen LogP contribution in [0, 0.1) is 0 Å². The summed E-state index contributed by atoms with van der Waals surface area (Å²) in [6.07, 6.45) is 0.423. The Kier molecular flexibility index (Phi) is 5.56. The Morgan fingerprint density at radius 2 is 1.95 bits per heavy atom. The van der Waals surface area contributed by atoms with Crippen LogP contribution in [0.2, 0.25) is 0 Å². The number of carboxylic acid groups (broad SMARTS) is 1. The molecule has 0 bridgehead atoms. The van der Waals surface area contributed by atoms with Gasteiger partial charge in [-0.2, -0.15) is 0 Å². The molecule has 0 aromatic carbocycles. The van der Waals surface area contributed by atoms with E-state index in [4.69, 9.17) is 10.8 Å². The number of carboxylic acids is 1. The smallest absolute Gasteiger partial charge is 0.326 e. The summed E-state index contributed by atoms with van der Waals surface area (Å²) in [4.78, 5) is 37.3. The van der Waals surface area contributed by atoms with E-state index in [1.165, 1.54) is 0 Å². The van der Waals surface area contributed by atoms with Gasteiger partial charge in [-0.1, -0.05) is 0 Å². The van der Waals surface area contributed by atoms with E-state index in [1.54, 1.807) is 4.90 Å². The van der Waals surface area contributed by atoms with Crippen molar-refractivity contribution in [2.45, 2.75) is 18.9 Å². The van der Waals surface area contributed by atoms with E-state index in [-0.39, 0.29) is 0 Å². The van der Waals surface area contributed by atoms with Crippen molar-refractivity contribution in [3.63, 3.8) is 0 Å². The lowest BCUT2D eigenvalue weighted by atomic mass is 10.2. The normalized spacial score (nSPS) is 18.5. The van der Waals surface area contributed by atoms with Crippen molar-refractivity contribution in [2.75, 3.05) is 33.2 Å². The number of primary amides is 1. The quantitative estimate of drug-likeness (QED) is 0.586. The standard InChI is InChI=1S/C11H20N4O4/c1-14-3-2-4-15(6-5-14)11(19)13-8(10(17)18)7-9(12)16/h8H,2-7H2,1H3,(H2,12,16)(H,13,19)(H,17,18)/t8-/m1/s1. The molecule has 4 N–H and O–H groups in total. The molecule has 1 fully saturated rings. The molecule has 1 saturated heterocycles. The monoisotopic (exact) mass is 272 g/mol. The molecule has 19 heavy (non-hydrogen) atoms. The van der Waals surface area contributed by atoms with Crippen molar-refractivity contribution < 1.29 is 19.5 Å². The lowest BCUT2D eigenvalue weighted by molar-refractivity contribution is -0.140. The van der Waals surface area contributed by atoms with E-state index in [0.717, 1.165) is 19.5 Å². The Bertz CT molecular complexity index is 361. The highest BCUT2D eigenvalue weighted by Gasteiger charge is 2.25. The molecule has 0 aliphatic carbocycles. The molecule has 0 unspecified atom stereocenters. The van der Waals surface area contributed by atoms with Gasteiger partial charge >= 0.3 is 12.0 Å². The molecule has 1 heterocycles. The van der Waals surface area contributed by atoms with Crippen LogP contribution in [-0.2, 0) is 9.59 Å². The van der Waals surface area contributed by atoms with Crippen molar-refractivity contribution in [1.29, 1.82) is 0 Å². The Labute approximate surface area is 111 Å². The number of hydrogen-bond acceptors (Lipinski definition) is 4. The van der Waals surface area contributed by atoms with Gasteiger partial charge in [-0.25, -0.2) is 9.59 Å². The van der Waals surface area contributed by atoms with Gasteiger partial charge in [0.05, 0.1) is 6.42 Å². The summed E-state index contributed by atoms with van der Waals surface area (Å²) in [6, 6.07) is -1.74. The molecular weight excluding hydrogens is 252 g/mol. The molecule has 0 aromatic heterocycles. The maximum Gasteiger partial charge on any atom is 0.326 e. The van der Waals surface area contributed by atoms with Crippen LogP contribution in [0.1, 0.15) is 12.8 Å². The van der Waals surface area contributed by atoms with Crippen LogP contribution >= 0.6 is 0 Å². The summed E-state index contributed by atoms with van der Waals surface area (Å²) in [5.74, 6) is -2.03. The summed E-state index contributed by atoms with van der Waals surface area (Å²) >= 11 is 0. The molecule has 8 nitrogen and oxygen atoms in total. The van der Waals surface area contributed by atoms with E-state index in [9.17, 15) is 14.4 Å². The summed E-state index contributed by atoms with van der Waals surface area (Å²) < 4.78 is 0. The average molecular weight is 272 g/mol. The maximum atomic E-state index is 11.9. The number of hydrogen-bond donors (Lipinski definition) is 3. The van der Waals surface area contributed by atoms with Gasteiger partial charge < -0.3 is 26.0 Å². The highest BCUT2D eigenvalue weighted by Crippen LogP contribution is 2.02. The van der Waals surface area contributed by atoms with E-state index in [2.05, 4.69) is 10.2 Å². The first-order valence-electron chi connectivity index (χ1n) is 6.15. The predicted octanol–water partition coefficient (Wildman–Crippen LogP) is -1.34. The summed E-state index contributed by atoms with van der Waals surface area (Å²) in [7, 11) is 1.97. The Balaban J connectivity index is 2.55. The number of nitrogens with two attached hydrogens (primary N) is 1. The van der Waals surface area contributed by atoms with Crippen LogP contribution in [0.3, 0.4) is 0 Å². The zero-order valence-electron chi connectivity index (χ0n) is 11.0. The molecule has 0 radical (unpaired) electrons. The number of carbonyl (C=O) groups is 3. The van der Waals surface area contributed by atoms with Gasteiger partial charge in [0.15, 0.2) is 0 Å². The lowest BCUT2D eigenvalue weighted by Crippen LogP contribution is -2.50. The minimum absolute atomic E-state index is 0.408. The van der Waals surface area contributed by atoms with Crippen LogP contribution in [0.4, 0.5) is 4.79 Å². The van der Waals surface area contributed by atoms with E-state index >= 15 is 0 Å². The van der Waals surface area contributed by atoms with Crippen LogP contribution in [0.5, 0.6) is 0 Å². The van der Waals surface area contributed by atoms with E-state index in [1.807, 2.05) is 7.05 Å². The Hall–Kier alpha value is -1.83. The number of nitrogens with one attached hydrogen (secondary N) is 1. The van der Waals surface area contributed by atoms with Gasteiger partial charge in [0, 0.05) is 19.6 Å². The second-order valence-electron chi connectivity index (χ2n) is 4.65. The first kappa shape index (κ1) is 15.2. The summed E-state index contributed by atoms with van der Waals surface area (Å²) in [6.45, 7) is 2.73. The van der Waals surface area contributed by atoms with Crippen LogP contribution in [0.15, 0.2) is 0 Å². The first-order chi connectivity index (χ1) is 8.90. The Morgan fingerprint density at radius 3 is 2.53 bits per heavy atom. The topological polar surface area (TPSA) is 116 Å². The highest BCUT2D eigenvalue weighted by atomic mass is 16.4. The van der Waals surface area contributed by atoms with Crippen molar-refractivity contribution >= 4 is 17.9 Å². The van der Waals surface area contributed by atoms with Crippen molar-refractivity contribution in [3.8, 4) is 0 Å². The van der Waals surface area contributed by atoms with E-state index < -0.39 is 30.4 Å². The molecule has 0 spiro atoms. The molecule has 1 aliphatic heterocycles. The van der Waals surface area contributed by atoms with Gasteiger partial charge in [-0.3, -0.25) is 4.79 Å². The minimum atomic E-state index is -1.27. The van der Waals surface area contributed by atoms with Gasteiger partial charge in [0.2, 0.25) is 5.91 Å². The van der Waals surface area contributed by atoms with Crippen LogP contribution in [-0.4, -0.2) is 72.1 Å². The molecular formula is C11H20N4O4. The van der Waals surface area contributed by atoms with Crippen LogP contribution < -0.4 is 11.1 Å². The van der Waals surface area contributed by atoms with Gasteiger partial charge in [0.1, 0.15) is 6.04 Å². The third kappa shape index (κ3) is 5.12. The van der Waals surface area contributed by atoms with Gasteiger partial charge in [0.25, 0.3) is 0 Å². The maximum absolute atomic E-state index is 11.9. The van der Waals surface area contributed by atoms with Crippen molar-refractivity contribution in [2.24, 2.45) is 5.73 Å². The zero-order valence-corrected chi connectivity index (χ0v) is 11.0. The third-order valence-corrected chi connectivity index (χ3v) is 3.01. The third-order valence-electron chi connectivity index (χ3n) is 3.01. The van der Waals surface area contributed by atoms with Crippen molar-refractivity contribution in [1.82, 2.24) is 15.1 Å². The fraction of sp³-hybridized carbons (Fsp3) is 0.727. The molecule has 0 aromatic rings. The molecule has 0 saturated carbocycles. The molecule has 108 valence electrons. The molecule has 1 rings (SSSR count). The number of likely N-dealkylation sites (N-methyl/N-ethyl adjacent to an activating group) is 1. The predicted molar refractivity (Wildman–Crippen MR) is 67.5 cm³/mol. The first-order valence-corrected chi connectivity index (χ1v) is 6.15. The molecule has 1 aliphatic rings. The number of amides is 3. The fourth-order valence-corrected chi connectivity index (χ4v) is 1.89. The largest absolute Gasteiger partial charge is 0.480 e. The molecule has 8 heteroatoms. The average Bonchev–Trinajstić information content (AvgIpc) is 2.52. The number of carbonyl (C=O) groups excluding carboxylic acids is 2. The highest BCUT2D eigenvalue weighted by molar-refractivity contribution is 5.87. The number of aliphatic carboxylic acids is 1. The van der Waals surface area contributed by atoms with E-state index in [0.29, 0.717) is 13.1 Å².